The molecule has 0 bridgehead atoms. The molecule has 0 fully saturated rings. The fraction of sp³-hybridized carbons (Fsp3) is 0.148. The van der Waals surface area contributed by atoms with Gasteiger partial charge >= 0.3 is 16.3 Å². The molecule has 4 aromatic rings. The fourth-order valence-electron chi connectivity index (χ4n) is 3.88. The van der Waals surface area contributed by atoms with Gasteiger partial charge in [-0.1, -0.05) is 18.2 Å². The second-order valence-corrected chi connectivity index (χ2v) is 10.1. The van der Waals surface area contributed by atoms with Gasteiger partial charge < -0.3 is 23.0 Å². The molecule has 1 amide bonds. The number of benzene rings is 3. The zero-order chi connectivity index (χ0) is 27.6. The molecule has 0 N–H and O–H groups in total. The van der Waals surface area contributed by atoms with E-state index < -0.39 is 26.8 Å². The van der Waals surface area contributed by atoms with Gasteiger partial charge in [0.2, 0.25) is 6.79 Å². The number of amides is 1. The highest BCUT2D eigenvalue weighted by Gasteiger charge is 2.32. The fourth-order valence-corrected chi connectivity index (χ4v) is 4.85. The summed E-state index contributed by atoms with van der Waals surface area (Å²) in [6.45, 7) is 0.359. The molecule has 0 aliphatic carbocycles. The van der Waals surface area contributed by atoms with Crippen LogP contribution in [0.4, 0.5) is 13.2 Å². The van der Waals surface area contributed by atoms with Gasteiger partial charge in [0, 0.05) is 12.1 Å². The highest BCUT2D eigenvalue weighted by atomic mass is 32.2. The zero-order valence-corrected chi connectivity index (χ0v) is 20.9. The third kappa shape index (κ3) is 6.01. The van der Waals surface area contributed by atoms with E-state index >= 15 is 0 Å². The van der Waals surface area contributed by atoms with Gasteiger partial charge in [0.1, 0.15) is 16.4 Å². The lowest BCUT2D eigenvalue weighted by atomic mass is 10.1. The molecule has 1 aromatic heterocycles. The quantitative estimate of drug-likeness (QED) is 0.258. The molecule has 3 aromatic carbocycles. The average molecular weight is 560 g/mol. The Morgan fingerprint density at radius 1 is 0.897 bits per heavy atom. The largest absolute Gasteiger partial charge is 0.467 e. The molecular formula is C27H20F3NO7S. The summed E-state index contributed by atoms with van der Waals surface area (Å²) in [5, 5.41) is 0. The first-order valence-corrected chi connectivity index (χ1v) is 12.9. The topological polar surface area (TPSA) is 95.3 Å². The Morgan fingerprint density at radius 2 is 1.67 bits per heavy atom. The lowest BCUT2D eigenvalue weighted by Crippen LogP contribution is -2.30. The molecule has 8 nitrogen and oxygen atoms in total. The summed E-state index contributed by atoms with van der Waals surface area (Å²) < 4.78 is 85.3. The highest BCUT2D eigenvalue weighted by Crippen LogP contribution is 2.33. The third-order valence-corrected chi connectivity index (χ3v) is 7.03. The molecular weight excluding hydrogens is 539 g/mol. The molecule has 12 heteroatoms. The maximum atomic E-state index is 13.4. The molecule has 2 heterocycles. The lowest BCUT2D eigenvalue weighted by molar-refractivity contribution is -0.137. The average Bonchev–Trinajstić information content (AvgIpc) is 3.60. The van der Waals surface area contributed by atoms with Crippen LogP contribution in [0.5, 0.6) is 17.2 Å². The Bertz CT molecular complexity index is 1580. The first-order chi connectivity index (χ1) is 18.6. The maximum Gasteiger partial charge on any atom is 0.416 e. The summed E-state index contributed by atoms with van der Waals surface area (Å²) in [5.41, 5.74) is -0.0938. The first-order valence-electron chi connectivity index (χ1n) is 11.5. The summed E-state index contributed by atoms with van der Waals surface area (Å²) in [6, 6.07) is 17.4. The Balaban J connectivity index is 1.33. The number of alkyl halides is 3. The smallest absolute Gasteiger partial charge is 0.416 e. The Hall–Kier alpha value is -4.45. The number of carbonyl (C=O) groups is 1. The molecule has 0 saturated heterocycles. The SMILES string of the molecule is O=C(c1ccc2c(c1)OCO2)N(Cc1ccc(OS(=O)(=O)c2cccc(C(F)(F)F)c2)cc1)Cc1ccco1. The van der Waals surface area contributed by atoms with Gasteiger partial charge in [-0.25, -0.2) is 0 Å². The van der Waals surface area contributed by atoms with Crippen LogP contribution in [0.25, 0.3) is 0 Å². The van der Waals surface area contributed by atoms with Crippen molar-refractivity contribution in [2.75, 3.05) is 6.79 Å². The van der Waals surface area contributed by atoms with Crippen LogP contribution in [0.3, 0.4) is 0 Å². The van der Waals surface area contributed by atoms with Crippen molar-refractivity contribution in [3.05, 3.63) is 108 Å². The van der Waals surface area contributed by atoms with Crippen LogP contribution >= 0.6 is 0 Å². The Morgan fingerprint density at radius 3 is 2.38 bits per heavy atom. The van der Waals surface area contributed by atoms with Crippen LogP contribution in [0.1, 0.15) is 27.2 Å². The van der Waals surface area contributed by atoms with Crippen LogP contribution in [-0.4, -0.2) is 26.0 Å². The van der Waals surface area contributed by atoms with E-state index in [1.807, 2.05) is 0 Å². The minimum absolute atomic E-state index is 0.0704. The van der Waals surface area contributed by atoms with Crippen molar-refractivity contribution in [3.63, 3.8) is 0 Å². The van der Waals surface area contributed by atoms with Crippen molar-refractivity contribution in [3.8, 4) is 17.2 Å². The number of nitrogens with zero attached hydrogens (tertiary/aromatic N) is 1. The van der Waals surface area contributed by atoms with Crippen molar-refractivity contribution in [2.45, 2.75) is 24.2 Å². The number of carbonyl (C=O) groups excluding carboxylic acids is 1. The van der Waals surface area contributed by atoms with E-state index in [1.54, 1.807) is 42.5 Å². The summed E-state index contributed by atoms with van der Waals surface area (Å²) in [5.74, 6) is 1.14. The van der Waals surface area contributed by atoms with Gasteiger partial charge in [0.15, 0.2) is 11.5 Å². The maximum absolute atomic E-state index is 13.4. The van der Waals surface area contributed by atoms with Crippen molar-refractivity contribution in [1.29, 1.82) is 0 Å². The van der Waals surface area contributed by atoms with Crippen molar-refractivity contribution < 1.29 is 44.5 Å². The third-order valence-electron chi connectivity index (χ3n) is 5.79. The predicted octanol–water partition coefficient (Wildman–Crippen LogP) is 5.64. The van der Waals surface area contributed by atoms with E-state index in [0.717, 1.165) is 18.2 Å². The molecule has 1 aliphatic rings. The van der Waals surface area contributed by atoms with Crippen LogP contribution in [0.15, 0.2) is 94.4 Å². The molecule has 0 radical (unpaired) electrons. The van der Waals surface area contributed by atoms with Crippen molar-refractivity contribution in [1.82, 2.24) is 4.90 Å². The van der Waals surface area contributed by atoms with Crippen LogP contribution < -0.4 is 13.7 Å². The van der Waals surface area contributed by atoms with E-state index in [9.17, 15) is 26.4 Å². The number of hydrogen-bond donors (Lipinski definition) is 0. The molecule has 5 rings (SSSR count). The van der Waals surface area contributed by atoms with Gasteiger partial charge in [-0.15, -0.1) is 0 Å². The number of hydrogen-bond acceptors (Lipinski definition) is 7. The number of furan rings is 1. The molecule has 0 atom stereocenters. The van der Waals surface area contributed by atoms with Gasteiger partial charge in [0.05, 0.1) is 18.4 Å². The van der Waals surface area contributed by atoms with E-state index in [1.165, 1.54) is 23.3 Å². The summed E-state index contributed by atoms with van der Waals surface area (Å²) >= 11 is 0. The molecule has 1 aliphatic heterocycles. The van der Waals surface area contributed by atoms with Gasteiger partial charge in [-0.3, -0.25) is 4.79 Å². The molecule has 202 valence electrons. The second-order valence-electron chi connectivity index (χ2n) is 8.52. The zero-order valence-electron chi connectivity index (χ0n) is 20.1. The molecule has 39 heavy (non-hydrogen) atoms. The molecule has 0 spiro atoms. The van der Waals surface area contributed by atoms with Crippen LogP contribution in [0, 0.1) is 0 Å². The highest BCUT2D eigenvalue weighted by molar-refractivity contribution is 7.87. The monoisotopic (exact) mass is 559 g/mol. The van der Waals surface area contributed by atoms with E-state index in [-0.39, 0.29) is 31.5 Å². The van der Waals surface area contributed by atoms with Crippen molar-refractivity contribution >= 4 is 16.0 Å². The van der Waals surface area contributed by atoms with E-state index in [2.05, 4.69) is 0 Å². The van der Waals surface area contributed by atoms with Gasteiger partial charge in [-0.2, -0.15) is 21.6 Å². The van der Waals surface area contributed by atoms with Crippen LogP contribution in [0.2, 0.25) is 0 Å². The predicted molar refractivity (Wildman–Crippen MR) is 131 cm³/mol. The molecule has 0 saturated carbocycles. The van der Waals surface area contributed by atoms with Gasteiger partial charge in [0.25, 0.3) is 5.91 Å². The second kappa shape index (κ2) is 10.4. The van der Waals surface area contributed by atoms with Crippen LogP contribution in [-0.2, 0) is 29.4 Å². The minimum Gasteiger partial charge on any atom is -0.467 e. The molecule has 0 unspecified atom stereocenters. The Kier molecular flexibility index (Phi) is 6.96. The number of fused-ring (bicyclic) bond motifs is 1. The van der Waals surface area contributed by atoms with Crippen molar-refractivity contribution in [2.24, 2.45) is 0 Å². The standard InChI is InChI=1S/C27H20F3NO7S/c28-27(29,30)20-3-1-5-23(14-20)39(33,34)38-21-9-6-18(7-10-21)15-31(16-22-4-2-12-35-22)26(32)19-8-11-24-25(13-19)37-17-36-24/h1-14H,15-17H2. The van der Waals surface area contributed by atoms with E-state index in [4.69, 9.17) is 18.1 Å². The number of ether oxygens (including phenoxy) is 2. The normalized spacial score (nSPS) is 12.8. The number of rotatable bonds is 8. The lowest BCUT2D eigenvalue weighted by Gasteiger charge is -2.22. The summed E-state index contributed by atoms with van der Waals surface area (Å²) in [4.78, 5) is 14.3. The van der Waals surface area contributed by atoms with E-state index in [0.29, 0.717) is 34.5 Å². The summed E-state index contributed by atoms with van der Waals surface area (Å²) in [7, 11) is -4.52. The minimum atomic E-state index is -4.70. The Labute approximate surface area is 221 Å². The first kappa shape index (κ1) is 26.2. The summed E-state index contributed by atoms with van der Waals surface area (Å²) in [6.07, 6.45) is -3.21. The number of halogens is 3. The van der Waals surface area contributed by atoms with Gasteiger partial charge in [-0.05, 0) is 66.2 Å².